The topological polar surface area (TPSA) is 49.8 Å². The SMILES string of the molecule is N#CC=Cc1c(N)cccc1Cl. The van der Waals surface area contributed by atoms with Gasteiger partial charge in [0.25, 0.3) is 0 Å². The van der Waals surface area contributed by atoms with Crippen molar-refractivity contribution in [1.82, 2.24) is 0 Å². The summed E-state index contributed by atoms with van der Waals surface area (Å²) in [7, 11) is 0. The average molecular weight is 179 g/mol. The Balaban J connectivity index is 3.15. The predicted octanol–water partition coefficient (Wildman–Crippen LogP) is 2.46. The van der Waals surface area contributed by atoms with Crippen LogP contribution in [0.4, 0.5) is 5.69 Å². The molecule has 2 nitrogen and oxygen atoms in total. The van der Waals surface area contributed by atoms with E-state index in [0.717, 1.165) is 0 Å². The van der Waals surface area contributed by atoms with Crippen molar-refractivity contribution < 1.29 is 0 Å². The van der Waals surface area contributed by atoms with Crippen LogP contribution in [0.2, 0.25) is 5.02 Å². The molecular weight excluding hydrogens is 172 g/mol. The molecule has 0 heterocycles. The van der Waals surface area contributed by atoms with Crippen LogP contribution in [0.1, 0.15) is 5.56 Å². The number of hydrogen-bond donors (Lipinski definition) is 1. The van der Waals surface area contributed by atoms with E-state index in [-0.39, 0.29) is 0 Å². The summed E-state index contributed by atoms with van der Waals surface area (Å²) in [6.45, 7) is 0. The molecule has 0 aromatic heterocycles. The smallest absolute Gasteiger partial charge is 0.0912 e. The molecule has 1 rings (SSSR count). The molecule has 3 heteroatoms. The van der Waals surface area contributed by atoms with Gasteiger partial charge in [0, 0.05) is 22.3 Å². The Bertz CT molecular complexity index is 330. The lowest BCUT2D eigenvalue weighted by Gasteiger charge is -2.00. The van der Waals surface area contributed by atoms with E-state index in [0.29, 0.717) is 16.3 Å². The van der Waals surface area contributed by atoms with Crippen LogP contribution in [0, 0.1) is 11.3 Å². The molecule has 0 atom stereocenters. The Morgan fingerprint density at radius 3 is 2.83 bits per heavy atom. The van der Waals surface area contributed by atoms with Gasteiger partial charge in [-0.15, -0.1) is 0 Å². The van der Waals surface area contributed by atoms with Gasteiger partial charge in [0.1, 0.15) is 0 Å². The van der Waals surface area contributed by atoms with Gasteiger partial charge in [-0.1, -0.05) is 17.7 Å². The fourth-order valence-electron chi connectivity index (χ4n) is 0.850. The minimum Gasteiger partial charge on any atom is -0.398 e. The third-order valence-corrected chi connectivity index (χ3v) is 1.74. The maximum Gasteiger partial charge on any atom is 0.0912 e. The standard InChI is InChI=1S/C9H7ClN2/c10-8-4-1-5-9(12)7(8)3-2-6-11/h1-5H,12H2. The van der Waals surface area contributed by atoms with Crippen molar-refractivity contribution in [2.24, 2.45) is 0 Å². The van der Waals surface area contributed by atoms with Crippen molar-refractivity contribution in [3.63, 3.8) is 0 Å². The first kappa shape index (κ1) is 8.63. The van der Waals surface area contributed by atoms with Crippen LogP contribution in [0.3, 0.4) is 0 Å². The number of anilines is 1. The highest BCUT2D eigenvalue weighted by molar-refractivity contribution is 6.32. The third-order valence-electron chi connectivity index (χ3n) is 1.41. The molecule has 0 aliphatic rings. The van der Waals surface area contributed by atoms with E-state index in [1.54, 1.807) is 24.3 Å². The number of halogens is 1. The van der Waals surface area contributed by atoms with E-state index in [9.17, 15) is 0 Å². The predicted molar refractivity (Wildman–Crippen MR) is 50.5 cm³/mol. The largest absolute Gasteiger partial charge is 0.398 e. The summed E-state index contributed by atoms with van der Waals surface area (Å²) in [6, 6.07) is 7.11. The summed E-state index contributed by atoms with van der Waals surface area (Å²) in [5.74, 6) is 0. The minimum absolute atomic E-state index is 0.557. The van der Waals surface area contributed by atoms with Crippen LogP contribution in [-0.4, -0.2) is 0 Å². The van der Waals surface area contributed by atoms with Gasteiger partial charge in [-0.05, 0) is 18.2 Å². The lowest BCUT2D eigenvalue weighted by atomic mass is 10.1. The number of rotatable bonds is 1. The van der Waals surface area contributed by atoms with E-state index in [2.05, 4.69) is 0 Å². The lowest BCUT2D eigenvalue weighted by Crippen LogP contribution is -1.88. The van der Waals surface area contributed by atoms with E-state index >= 15 is 0 Å². The molecule has 0 spiro atoms. The van der Waals surface area contributed by atoms with Gasteiger partial charge in [0.05, 0.1) is 6.07 Å². The number of nitriles is 1. The molecule has 12 heavy (non-hydrogen) atoms. The van der Waals surface area contributed by atoms with Crippen LogP contribution in [0.15, 0.2) is 24.3 Å². The summed E-state index contributed by atoms with van der Waals surface area (Å²) < 4.78 is 0. The Labute approximate surface area is 75.9 Å². The van der Waals surface area contributed by atoms with E-state index in [4.69, 9.17) is 22.6 Å². The van der Waals surface area contributed by atoms with Crippen molar-refractivity contribution in [1.29, 1.82) is 5.26 Å². The molecule has 0 bridgehead atoms. The molecule has 0 radical (unpaired) electrons. The average Bonchev–Trinajstić information content (AvgIpc) is 2.04. The molecule has 0 saturated heterocycles. The highest BCUT2D eigenvalue weighted by Gasteiger charge is 1.98. The van der Waals surface area contributed by atoms with Gasteiger partial charge in [-0.2, -0.15) is 5.26 Å². The highest BCUT2D eigenvalue weighted by atomic mass is 35.5. The Morgan fingerprint density at radius 1 is 1.50 bits per heavy atom. The van der Waals surface area contributed by atoms with Crippen LogP contribution in [0.25, 0.3) is 6.08 Å². The second kappa shape index (κ2) is 3.80. The number of allylic oxidation sites excluding steroid dienone is 1. The van der Waals surface area contributed by atoms with Gasteiger partial charge >= 0.3 is 0 Å². The fraction of sp³-hybridized carbons (Fsp3) is 0. The van der Waals surface area contributed by atoms with Gasteiger partial charge in [-0.25, -0.2) is 0 Å². The number of nitrogens with two attached hydrogens (primary N) is 1. The summed E-state index contributed by atoms with van der Waals surface area (Å²) >= 11 is 5.82. The molecule has 0 fully saturated rings. The summed E-state index contributed by atoms with van der Waals surface area (Å²) in [4.78, 5) is 0. The van der Waals surface area contributed by atoms with Crippen molar-refractivity contribution >= 4 is 23.4 Å². The minimum atomic E-state index is 0.557. The molecule has 0 aliphatic heterocycles. The normalized spacial score (nSPS) is 10.0. The quantitative estimate of drug-likeness (QED) is 0.531. The molecular formula is C9H7ClN2. The zero-order valence-electron chi connectivity index (χ0n) is 6.29. The maximum absolute atomic E-state index is 8.29. The summed E-state index contributed by atoms with van der Waals surface area (Å²) in [6.07, 6.45) is 2.94. The first-order valence-electron chi connectivity index (χ1n) is 3.36. The van der Waals surface area contributed by atoms with Crippen LogP contribution in [0.5, 0.6) is 0 Å². The van der Waals surface area contributed by atoms with Gasteiger partial charge < -0.3 is 5.73 Å². The molecule has 2 N–H and O–H groups in total. The molecule has 0 saturated carbocycles. The highest BCUT2D eigenvalue weighted by Crippen LogP contribution is 2.22. The molecule has 0 amide bonds. The van der Waals surface area contributed by atoms with Crippen molar-refractivity contribution in [3.05, 3.63) is 34.9 Å². The summed E-state index contributed by atoms with van der Waals surface area (Å²) in [5, 5.41) is 8.85. The van der Waals surface area contributed by atoms with Gasteiger partial charge in [0.2, 0.25) is 0 Å². The van der Waals surface area contributed by atoms with Gasteiger partial charge in [-0.3, -0.25) is 0 Å². The van der Waals surface area contributed by atoms with Crippen molar-refractivity contribution in [2.45, 2.75) is 0 Å². The zero-order chi connectivity index (χ0) is 8.97. The van der Waals surface area contributed by atoms with Crippen LogP contribution < -0.4 is 5.73 Å². The molecule has 1 aromatic carbocycles. The second-order valence-electron chi connectivity index (χ2n) is 2.21. The number of nitrogen functional groups attached to an aromatic ring is 1. The molecule has 60 valence electrons. The van der Waals surface area contributed by atoms with Crippen LogP contribution in [-0.2, 0) is 0 Å². The zero-order valence-corrected chi connectivity index (χ0v) is 7.05. The Hall–Kier alpha value is -1.46. The Morgan fingerprint density at radius 2 is 2.25 bits per heavy atom. The van der Waals surface area contributed by atoms with Crippen molar-refractivity contribution in [2.75, 3.05) is 5.73 Å². The lowest BCUT2D eigenvalue weighted by molar-refractivity contribution is 1.53. The molecule has 0 unspecified atom stereocenters. The maximum atomic E-state index is 8.29. The van der Waals surface area contributed by atoms with Crippen LogP contribution >= 0.6 is 11.6 Å². The monoisotopic (exact) mass is 178 g/mol. The number of nitrogens with zero attached hydrogens (tertiary/aromatic N) is 1. The Kier molecular flexibility index (Phi) is 2.73. The van der Waals surface area contributed by atoms with E-state index in [1.807, 2.05) is 6.07 Å². The first-order chi connectivity index (χ1) is 5.75. The fourth-order valence-corrected chi connectivity index (χ4v) is 1.09. The first-order valence-corrected chi connectivity index (χ1v) is 3.73. The molecule has 1 aromatic rings. The summed E-state index contributed by atoms with van der Waals surface area (Å²) in [5.41, 5.74) is 6.89. The third kappa shape index (κ3) is 1.77. The second-order valence-corrected chi connectivity index (χ2v) is 2.61. The van der Waals surface area contributed by atoms with Crippen molar-refractivity contribution in [3.8, 4) is 6.07 Å². The van der Waals surface area contributed by atoms with E-state index in [1.165, 1.54) is 6.08 Å². The van der Waals surface area contributed by atoms with E-state index < -0.39 is 0 Å². The number of hydrogen-bond acceptors (Lipinski definition) is 2. The number of benzene rings is 1. The molecule has 0 aliphatic carbocycles. The van der Waals surface area contributed by atoms with Gasteiger partial charge in [0.15, 0.2) is 0 Å².